The molecule has 2 N–H and O–H groups in total. The molecule has 0 saturated heterocycles. The second-order valence-corrected chi connectivity index (χ2v) is 10.3. The van der Waals surface area contributed by atoms with Crippen molar-refractivity contribution in [1.82, 2.24) is 15.5 Å². The van der Waals surface area contributed by atoms with E-state index < -0.39 is 9.84 Å². The summed E-state index contributed by atoms with van der Waals surface area (Å²) in [6.07, 6.45) is 0. The zero-order valence-corrected chi connectivity index (χ0v) is 20.5. The van der Waals surface area contributed by atoms with Gasteiger partial charge in [0.15, 0.2) is 9.84 Å². The van der Waals surface area contributed by atoms with Gasteiger partial charge in [0.25, 0.3) is 0 Å². The van der Waals surface area contributed by atoms with E-state index in [0.29, 0.717) is 11.6 Å². The number of hydrogen-bond acceptors (Lipinski definition) is 7. The highest BCUT2D eigenvalue weighted by molar-refractivity contribution is 7.91. The fourth-order valence-electron chi connectivity index (χ4n) is 3.15. The lowest BCUT2D eigenvalue weighted by atomic mass is 10.1. The predicted molar refractivity (Wildman–Crippen MR) is 130 cm³/mol. The quantitative estimate of drug-likeness (QED) is 0.448. The minimum absolute atomic E-state index is 0.0133. The van der Waals surface area contributed by atoms with Gasteiger partial charge in [-0.1, -0.05) is 47.5 Å². The number of sulfone groups is 1. The smallest absolute Gasteiger partial charge is 0.248 e. The molecule has 8 nitrogen and oxygen atoms in total. The van der Waals surface area contributed by atoms with Crippen molar-refractivity contribution >= 4 is 44.8 Å². The minimum Gasteiger partial charge on any atom is -0.370 e. The van der Waals surface area contributed by atoms with Crippen molar-refractivity contribution in [3.05, 3.63) is 63.6 Å². The van der Waals surface area contributed by atoms with Gasteiger partial charge in [0, 0.05) is 37.3 Å². The van der Waals surface area contributed by atoms with Crippen LogP contribution in [0.3, 0.4) is 0 Å². The first-order valence-electron chi connectivity index (χ1n) is 10.3. The molecule has 0 saturated carbocycles. The van der Waals surface area contributed by atoms with Gasteiger partial charge in [-0.2, -0.15) is 0 Å². The number of amidine groups is 1. The Hall–Kier alpha value is -2.17. The number of nitrogens with one attached hydrogen (secondary N) is 2. The van der Waals surface area contributed by atoms with Crippen LogP contribution in [0.25, 0.3) is 0 Å². The van der Waals surface area contributed by atoms with Gasteiger partial charge in [0.1, 0.15) is 18.3 Å². The molecular weight excluding hydrogens is 487 g/mol. The summed E-state index contributed by atoms with van der Waals surface area (Å²) in [5.41, 5.74) is 2.03. The molecule has 0 radical (unpaired) electrons. The molecule has 178 valence electrons. The van der Waals surface area contributed by atoms with Crippen molar-refractivity contribution < 1.29 is 17.9 Å². The number of carbonyl (C=O) groups excluding carboxylic acids is 1. The number of likely N-dealkylation sites (N-methyl/N-ethyl adjacent to an activating group) is 1. The minimum atomic E-state index is -3.61. The summed E-state index contributed by atoms with van der Waals surface area (Å²) < 4.78 is 30.1. The van der Waals surface area contributed by atoms with Crippen LogP contribution in [0.4, 0.5) is 0 Å². The van der Waals surface area contributed by atoms with Crippen LogP contribution >= 0.6 is 23.2 Å². The first kappa shape index (κ1) is 25.5. The van der Waals surface area contributed by atoms with E-state index in [9.17, 15) is 13.2 Å². The first-order chi connectivity index (χ1) is 15.8. The average Bonchev–Trinajstić information content (AvgIpc) is 3.31. The fourth-order valence-corrected chi connectivity index (χ4v) is 5.11. The van der Waals surface area contributed by atoms with Crippen LogP contribution in [0.5, 0.6) is 0 Å². The van der Waals surface area contributed by atoms with E-state index in [-0.39, 0.29) is 41.5 Å². The Morgan fingerprint density at radius 1 is 1.21 bits per heavy atom. The van der Waals surface area contributed by atoms with Gasteiger partial charge in [0.2, 0.25) is 5.91 Å². The summed E-state index contributed by atoms with van der Waals surface area (Å²) in [7, 11) is -1.90. The van der Waals surface area contributed by atoms with Crippen molar-refractivity contribution in [3.8, 4) is 0 Å². The summed E-state index contributed by atoms with van der Waals surface area (Å²) in [5.74, 6) is 0.433. The SMILES string of the molecule is CN(Cc1ccc(C2=NCCN2)cc1)C(=O)COCCNCS(=O)(=O)c1ccc(Cl)cc1Cl. The van der Waals surface area contributed by atoms with E-state index in [1.807, 2.05) is 24.3 Å². The number of carbonyl (C=O) groups is 1. The van der Waals surface area contributed by atoms with Crippen molar-refractivity contribution in [1.29, 1.82) is 0 Å². The lowest BCUT2D eigenvalue weighted by molar-refractivity contribution is -0.135. The van der Waals surface area contributed by atoms with E-state index in [1.165, 1.54) is 18.2 Å². The highest BCUT2D eigenvalue weighted by Gasteiger charge is 2.18. The van der Waals surface area contributed by atoms with Gasteiger partial charge in [0.05, 0.1) is 23.1 Å². The molecule has 0 unspecified atom stereocenters. The van der Waals surface area contributed by atoms with Crippen LogP contribution in [-0.4, -0.2) is 70.8 Å². The Labute approximate surface area is 203 Å². The maximum Gasteiger partial charge on any atom is 0.248 e. The number of benzene rings is 2. The standard InChI is InChI=1S/C22H26Cl2N4O4S/c1-28(13-16-2-4-17(5-3-16)22-26-8-9-27-22)21(29)14-32-11-10-25-15-33(30,31)20-7-6-18(23)12-19(20)24/h2-7,12,25H,8-11,13-15H2,1H3,(H,26,27). The maximum atomic E-state index is 12.4. The second kappa shape index (κ2) is 11.8. The molecule has 3 rings (SSSR count). The molecule has 0 aliphatic carbocycles. The van der Waals surface area contributed by atoms with Gasteiger partial charge in [-0.05, 0) is 23.8 Å². The van der Waals surface area contributed by atoms with E-state index in [2.05, 4.69) is 15.6 Å². The molecule has 0 aromatic heterocycles. The first-order valence-corrected chi connectivity index (χ1v) is 12.7. The molecule has 11 heteroatoms. The zero-order valence-electron chi connectivity index (χ0n) is 18.2. The molecule has 1 aliphatic heterocycles. The molecule has 0 bridgehead atoms. The Balaban J connectivity index is 1.35. The number of amides is 1. The Bertz CT molecular complexity index is 1110. The average molecular weight is 513 g/mol. The van der Waals surface area contributed by atoms with Gasteiger partial charge in [-0.25, -0.2) is 8.42 Å². The Morgan fingerprint density at radius 2 is 1.97 bits per heavy atom. The van der Waals surface area contributed by atoms with Gasteiger partial charge < -0.3 is 20.3 Å². The Morgan fingerprint density at radius 3 is 2.64 bits per heavy atom. The van der Waals surface area contributed by atoms with E-state index >= 15 is 0 Å². The van der Waals surface area contributed by atoms with Gasteiger partial charge in [-0.15, -0.1) is 0 Å². The molecule has 2 aromatic carbocycles. The van der Waals surface area contributed by atoms with E-state index in [4.69, 9.17) is 27.9 Å². The number of ether oxygens (including phenoxy) is 1. The van der Waals surface area contributed by atoms with Crippen LogP contribution in [0.2, 0.25) is 10.0 Å². The highest BCUT2D eigenvalue weighted by atomic mass is 35.5. The molecule has 0 spiro atoms. The molecule has 33 heavy (non-hydrogen) atoms. The third kappa shape index (κ3) is 7.41. The third-order valence-electron chi connectivity index (χ3n) is 4.92. The summed E-state index contributed by atoms with van der Waals surface area (Å²) in [5, 5.41) is 6.46. The van der Waals surface area contributed by atoms with E-state index in [0.717, 1.165) is 30.1 Å². The Kier molecular flexibility index (Phi) is 9.10. The second-order valence-electron chi connectivity index (χ2n) is 7.49. The van der Waals surface area contributed by atoms with Gasteiger partial charge >= 0.3 is 0 Å². The van der Waals surface area contributed by atoms with Crippen molar-refractivity contribution in [2.24, 2.45) is 4.99 Å². The number of halogens is 2. The number of hydrogen-bond donors (Lipinski definition) is 2. The lowest BCUT2D eigenvalue weighted by Crippen LogP contribution is -2.32. The summed E-state index contributed by atoms with van der Waals surface area (Å²) in [4.78, 5) is 18.3. The van der Waals surface area contributed by atoms with Crippen LogP contribution in [0, 0.1) is 0 Å². The molecule has 1 aliphatic rings. The molecule has 0 atom stereocenters. The molecule has 2 aromatic rings. The largest absolute Gasteiger partial charge is 0.370 e. The van der Waals surface area contributed by atoms with Crippen molar-refractivity contribution in [2.75, 3.05) is 45.8 Å². The summed E-state index contributed by atoms with van der Waals surface area (Å²) >= 11 is 11.8. The maximum absolute atomic E-state index is 12.4. The molecular formula is C22H26Cl2N4O4S. The third-order valence-corrected chi connectivity index (χ3v) is 7.19. The number of aliphatic imine (C=N–C) groups is 1. The highest BCUT2D eigenvalue weighted by Crippen LogP contribution is 2.25. The lowest BCUT2D eigenvalue weighted by Gasteiger charge is -2.17. The van der Waals surface area contributed by atoms with Crippen LogP contribution in [0.15, 0.2) is 52.4 Å². The van der Waals surface area contributed by atoms with Crippen molar-refractivity contribution in [2.45, 2.75) is 11.4 Å². The number of rotatable bonds is 11. The van der Waals surface area contributed by atoms with Crippen LogP contribution in [0.1, 0.15) is 11.1 Å². The van der Waals surface area contributed by atoms with Gasteiger partial charge in [-0.3, -0.25) is 9.79 Å². The molecule has 0 fully saturated rings. The normalized spacial score (nSPS) is 13.5. The fraction of sp³-hybridized carbons (Fsp3) is 0.364. The van der Waals surface area contributed by atoms with Crippen LogP contribution in [-0.2, 0) is 25.9 Å². The summed E-state index contributed by atoms with van der Waals surface area (Å²) in [6, 6.07) is 12.1. The molecule has 1 heterocycles. The predicted octanol–water partition coefficient (Wildman–Crippen LogP) is 2.34. The monoisotopic (exact) mass is 512 g/mol. The summed E-state index contributed by atoms with van der Waals surface area (Å²) in [6.45, 7) is 2.47. The molecule has 1 amide bonds. The topological polar surface area (TPSA) is 100 Å². The van der Waals surface area contributed by atoms with Crippen molar-refractivity contribution in [3.63, 3.8) is 0 Å². The zero-order chi connectivity index (χ0) is 23.8. The number of nitrogens with zero attached hydrogens (tertiary/aromatic N) is 2. The van der Waals surface area contributed by atoms with E-state index in [1.54, 1.807) is 11.9 Å². The van der Waals surface area contributed by atoms with Crippen LogP contribution < -0.4 is 10.6 Å².